The fourth-order valence-corrected chi connectivity index (χ4v) is 5.31. The molecule has 0 aliphatic carbocycles. The summed E-state index contributed by atoms with van der Waals surface area (Å²) in [5.74, 6) is -4.94. The zero-order valence-corrected chi connectivity index (χ0v) is 28.5. The number of aliphatic hydroxyl groups excluding tert-OH is 1. The van der Waals surface area contributed by atoms with Crippen LogP contribution in [0.3, 0.4) is 0 Å². The largest absolute Gasteiger partial charge is 0.480 e. The molecule has 0 aromatic carbocycles. The number of nitrogens with one attached hydrogen (secondary N) is 4. The Morgan fingerprint density at radius 3 is 1.91 bits per heavy atom. The minimum atomic E-state index is -1.54. The summed E-state index contributed by atoms with van der Waals surface area (Å²) in [6.45, 7) is 7.00. The molecular formula is C29H53N9O8S. The summed E-state index contributed by atoms with van der Waals surface area (Å²) in [6, 6.07) is -6.88. The molecule has 47 heavy (non-hydrogen) atoms. The Kier molecular flexibility index (Phi) is 18.1. The number of carbonyl (C=O) groups excluding carboxylic acids is 5. The van der Waals surface area contributed by atoms with Crippen molar-refractivity contribution >= 4 is 54.1 Å². The number of carboxylic acids is 1. The first-order valence-corrected chi connectivity index (χ1v) is 16.4. The van der Waals surface area contributed by atoms with E-state index in [9.17, 15) is 39.0 Å². The van der Waals surface area contributed by atoms with Gasteiger partial charge in [0.15, 0.2) is 5.96 Å². The van der Waals surface area contributed by atoms with E-state index in [1.165, 1.54) is 4.90 Å². The molecule has 0 radical (unpaired) electrons. The number of nitrogens with two attached hydrogens (primary N) is 3. The summed E-state index contributed by atoms with van der Waals surface area (Å²) in [5, 5.41) is 29.6. The third-order valence-corrected chi connectivity index (χ3v) is 7.78. The van der Waals surface area contributed by atoms with Gasteiger partial charge in [-0.1, -0.05) is 27.7 Å². The zero-order chi connectivity index (χ0) is 35.8. The molecule has 1 rings (SSSR count). The molecule has 0 aromatic heterocycles. The van der Waals surface area contributed by atoms with Gasteiger partial charge in [-0.05, 0) is 50.4 Å². The number of thiol groups is 1. The van der Waals surface area contributed by atoms with Gasteiger partial charge in [-0.15, -0.1) is 0 Å². The predicted octanol–water partition coefficient (Wildman–Crippen LogP) is -2.60. The van der Waals surface area contributed by atoms with E-state index in [4.69, 9.17) is 17.2 Å². The molecule has 1 saturated heterocycles. The molecule has 0 saturated carbocycles. The first kappa shape index (κ1) is 41.4. The van der Waals surface area contributed by atoms with E-state index in [-0.39, 0.29) is 62.3 Å². The third kappa shape index (κ3) is 14.3. The number of rotatable bonds is 20. The zero-order valence-electron chi connectivity index (χ0n) is 27.6. The summed E-state index contributed by atoms with van der Waals surface area (Å²) in [6.07, 6.45) is 1.68. The first-order chi connectivity index (χ1) is 22.0. The molecule has 0 spiro atoms. The molecule has 0 bridgehead atoms. The number of amides is 5. The van der Waals surface area contributed by atoms with Crippen molar-refractivity contribution in [1.29, 1.82) is 0 Å². The molecule has 0 unspecified atom stereocenters. The van der Waals surface area contributed by atoms with Gasteiger partial charge in [0.2, 0.25) is 29.5 Å². The van der Waals surface area contributed by atoms with Crippen LogP contribution in [0.15, 0.2) is 4.99 Å². The van der Waals surface area contributed by atoms with Crippen molar-refractivity contribution in [2.24, 2.45) is 34.0 Å². The van der Waals surface area contributed by atoms with E-state index in [0.29, 0.717) is 12.8 Å². The van der Waals surface area contributed by atoms with Crippen LogP contribution in [-0.4, -0.2) is 118 Å². The van der Waals surface area contributed by atoms with Gasteiger partial charge in [-0.3, -0.25) is 29.0 Å². The maximum absolute atomic E-state index is 13.4. The van der Waals surface area contributed by atoms with Crippen LogP contribution in [0.4, 0.5) is 0 Å². The van der Waals surface area contributed by atoms with Crippen molar-refractivity contribution in [2.75, 3.05) is 25.4 Å². The van der Waals surface area contributed by atoms with Crippen molar-refractivity contribution in [3.8, 4) is 0 Å². The fraction of sp³-hybridized carbons (Fsp3) is 0.759. The first-order valence-electron chi connectivity index (χ1n) is 15.8. The van der Waals surface area contributed by atoms with Crippen LogP contribution in [0.5, 0.6) is 0 Å². The molecule has 1 aliphatic heterocycles. The second kappa shape index (κ2) is 20.6. The van der Waals surface area contributed by atoms with Crippen LogP contribution < -0.4 is 38.5 Å². The van der Waals surface area contributed by atoms with Crippen molar-refractivity contribution in [2.45, 2.75) is 102 Å². The van der Waals surface area contributed by atoms with E-state index in [1.807, 2.05) is 27.7 Å². The number of aliphatic hydroxyl groups is 1. The molecule has 1 aliphatic rings. The Hall–Kier alpha value is -3.64. The minimum absolute atomic E-state index is 0.000393. The summed E-state index contributed by atoms with van der Waals surface area (Å²) < 4.78 is 0. The predicted molar refractivity (Wildman–Crippen MR) is 178 cm³/mol. The van der Waals surface area contributed by atoms with E-state index in [2.05, 4.69) is 38.9 Å². The molecule has 268 valence electrons. The quantitative estimate of drug-likeness (QED) is 0.0274. The highest BCUT2D eigenvalue weighted by molar-refractivity contribution is 7.80. The maximum atomic E-state index is 13.4. The van der Waals surface area contributed by atoms with Crippen molar-refractivity contribution in [3.63, 3.8) is 0 Å². The molecule has 5 amide bonds. The van der Waals surface area contributed by atoms with Crippen LogP contribution in [0, 0.1) is 11.8 Å². The van der Waals surface area contributed by atoms with Gasteiger partial charge in [0, 0.05) is 18.8 Å². The molecule has 1 fully saturated rings. The normalized spacial score (nSPS) is 17.6. The van der Waals surface area contributed by atoms with Crippen LogP contribution in [0.2, 0.25) is 0 Å². The lowest BCUT2D eigenvalue weighted by molar-refractivity contribution is -0.149. The van der Waals surface area contributed by atoms with Crippen molar-refractivity contribution < 1.29 is 39.0 Å². The van der Waals surface area contributed by atoms with Gasteiger partial charge in [-0.2, -0.15) is 12.6 Å². The number of carboxylic acid groups (broad SMARTS) is 1. The van der Waals surface area contributed by atoms with Crippen LogP contribution in [-0.2, 0) is 28.8 Å². The summed E-state index contributed by atoms with van der Waals surface area (Å²) in [4.78, 5) is 82.3. The SMILES string of the molecule is CC(C)C[C@H](NC(=O)[C@@H](N)CC(C)C)C(=O)N[C@@H](CS)C(=O)N[C@@H](CO)C(=O)N[C@@H](CCCN=C(N)N)C(=O)N1CCC[C@H]1C(=O)O. The van der Waals surface area contributed by atoms with Gasteiger partial charge in [0.1, 0.15) is 30.2 Å². The van der Waals surface area contributed by atoms with Gasteiger partial charge in [0.05, 0.1) is 12.6 Å². The number of hydrogen-bond acceptors (Lipinski definition) is 10. The number of aliphatic carboxylic acids is 1. The lowest BCUT2D eigenvalue weighted by Gasteiger charge is -2.29. The number of nitrogens with zero attached hydrogens (tertiary/aromatic N) is 2. The van der Waals surface area contributed by atoms with Crippen LogP contribution in [0.25, 0.3) is 0 Å². The average Bonchev–Trinajstić information content (AvgIpc) is 3.49. The highest BCUT2D eigenvalue weighted by Gasteiger charge is 2.38. The lowest BCUT2D eigenvalue weighted by atomic mass is 10.0. The standard InChI is InChI=1S/C29H53N9O8S/c1-15(2)11-17(30)23(40)35-19(12-16(3)4)24(41)37-21(14-47)26(43)36-20(13-39)25(42)34-18(7-5-9-33-29(31)32)27(44)38-10-6-8-22(38)28(45)46/h15-22,39,47H,5-14,30H2,1-4H3,(H,34,42)(H,35,40)(H,36,43)(H,37,41)(H,45,46)(H4,31,32,33)/t17-,18-,19-,20-,21-,22-/m0/s1. The Bertz CT molecular complexity index is 1120. The van der Waals surface area contributed by atoms with Gasteiger partial charge in [-0.25, -0.2) is 4.79 Å². The van der Waals surface area contributed by atoms with Crippen LogP contribution >= 0.6 is 12.6 Å². The number of guanidine groups is 1. The molecule has 17 nitrogen and oxygen atoms in total. The van der Waals surface area contributed by atoms with Crippen LogP contribution in [0.1, 0.15) is 66.2 Å². The number of hydrogen-bond donors (Lipinski definition) is 10. The topological polar surface area (TPSA) is 285 Å². The molecule has 12 N–H and O–H groups in total. The Morgan fingerprint density at radius 1 is 0.851 bits per heavy atom. The van der Waals surface area contributed by atoms with Crippen molar-refractivity contribution in [1.82, 2.24) is 26.2 Å². The molecule has 18 heteroatoms. The fourth-order valence-electron chi connectivity index (χ4n) is 5.05. The summed E-state index contributed by atoms with van der Waals surface area (Å²) >= 11 is 4.16. The van der Waals surface area contributed by atoms with E-state index >= 15 is 0 Å². The Morgan fingerprint density at radius 2 is 1.38 bits per heavy atom. The van der Waals surface area contributed by atoms with E-state index < -0.39 is 78.4 Å². The second-order valence-corrected chi connectivity index (χ2v) is 12.8. The minimum Gasteiger partial charge on any atom is -0.480 e. The highest BCUT2D eigenvalue weighted by Crippen LogP contribution is 2.20. The van der Waals surface area contributed by atoms with Gasteiger partial charge in [0.25, 0.3) is 0 Å². The van der Waals surface area contributed by atoms with Gasteiger partial charge >= 0.3 is 5.97 Å². The Labute approximate surface area is 281 Å². The highest BCUT2D eigenvalue weighted by atomic mass is 32.1. The molecule has 1 heterocycles. The second-order valence-electron chi connectivity index (χ2n) is 12.5. The molecule has 0 aromatic rings. The van der Waals surface area contributed by atoms with E-state index in [0.717, 1.165) is 0 Å². The average molecular weight is 688 g/mol. The Balaban J connectivity index is 3.03. The van der Waals surface area contributed by atoms with Gasteiger partial charge < -0.3 is 53.6 Å². The monoisotopic (exact) mass is 687 g/mol. The smallest absolute Gasteiger partial charge is 0.326 e. The summed E-state index contributed by atoms with van der Waals surface area (Å²) in [5.41, 5.74) is 16.7. The summed E-state index contributed by atoms with van der Waals surface area (Å²) in [7, 11) is 0. The maximum Gasteiger partial charge on any atom is 0.326 e. The molecular weight excluding hydrogens is 634 g/mol. The number of likely N-dealkylation sites (tertiary alicyclic amines) is 1. The number of carbonyl (C=O) groups is 6. The van der Waals surface area contributed by atoms with Crippen molar-refractivity contribution in [3.05, 3.63) is 0 Å². The third-order valence-electron chi connectivity index (χ3n) is 7.41. The van der Waals surface area contributed by atoms with E-state index in [1.54, 1.807) is 0 Å². The lowest BCUT2D eigenvalue weighted by Crippen LogP contribution is -2.60. The molecule has 6 atom stereocenters. The number of aliphatic imine (C=N–C) groups is 1.